The van der Waals surface area contributed by atoms with Crippen LogP contribution in [0.4, 0.5) is 0 Å². The molecule has 1 saturated heterocycles. The van der Waals surface area contributed by atoms with Gasteiger partial charge in [0.05, 0.1) is 10.5 Å². The van der Waals surface area contributed by atoms with Crippen LogP contribution in [0.25, 0.3) is 11.7 Å². The largest absolute Gasteiger partial charge is 0.290 e. The average molecular weight is 454 g/mol. The van der Waals surface area contributed by atoms with Crippen LogP contribution in [0.1, 0.15) is 25.8 Å². The molecule has 8 heteroatoms. The van der Waals surface area contributed by atoms with Crippen molar-refractivity contribution in [3.8, 4) is 0 Å². The van der Waals surface area contributed by atoms with Crippen LogP contribution in [-0.4, -0.2) is 30.6 Å². The number of carbonyl (C=O) groups excluding carboxylic acids is 1. The number of thiocarbonyl (C=S) groups is 1. The molecular formula is C22H19N3O2S3. The SMILES string of the molecule is CC[C@@H](C)N1C(=O)/C(=C/c2c(Sc3ccccc3)nc3ccccn3c2=O)SC1=S. The molecule has 0 saturated carbocycles. The van der Waals surface area contributed by atoms with Crippen LogP contribution < -0.4 is 5.56 Å². The molecular weight excluding hydrogens is 434 g/mol. The molecule has 1 aliphatic rings. The van der Waals surface area contributed by atoms with E-state index in [9.17, 15) is 9.59 Å². The predicted octanol–water partition coefficient (Wildman–Crippen LogP) is 4.85. The number of benzene rings is 1. The van der Waals surface area contributed by atoms with Crippen molar-refractivity contribution in [3.05, 3.63) is 75.6 Å². The highest BCUT2D eigenvalue weighted by atomic mass is 32.2. The fraction of sp³-hybridized carbons (Fsp3) is 0.182. The van der Waals surface area contributed by atoms with Crippen molar-refractivity contribution in [3.63, 3.8) is 0 Å². The van der Waals surface area contributed by atoms with E-state index in [0.717, 1.165) is 11.3 Å². The van der Waals surface area contributed by atoms with Crippen LogP contribution >= 0.6 is 35.7 Å². The number of carbonyl (C=O) groups is 1. The summed E-state index contributed by atoms with van der Waals surface area (Å²) < 4.78 is 2.02. The molecule has 1 aliphatic heterocycles. The van der Waals surface area contributed by atoms with Crippen molar-refractivity contribution in [1.82, 2.24) is 14.3 Å². The Morgan fingerprint density at radius 1 is 1.17 bits per heavy atom. The minimum Gasteiger partial charge on any atom is -0.290 e. The Hall–Kier alpha value is -2.42. The summed E-state index contributed by atoms with van der Waals surface area (Å²) in [6.07, 6.45) is 4.13. The standard InChI is InChI=1S/C22H19N3O2S3/c1-3-14(2)25-21(27)17(30-22(25)28)13-16-19(29-15-9-5-4-6-10-15)23-18-11-7-8-12-24(18)20(16)26/h4-14H,3H2,1-2H3/b17-13-/t14-/m1/s1. The Morgan fingerprint density at radius 3 is 2.63 bits per heavy atom. The lowest BCUT2D eigenvalue weighted by Gasteiger charge is -2.21. The Morgan fingerprint density at radius 2 is 1.90 bits per heavy atom. The van der Waals surface area contributed by atoms with Gasteiger partial charge in [-0.1, -0.05) is 66.9 Å². The lowest BCUT2D eigenvalue weighted by atomic mass is 10.2. The Balaban J connectivity index is 1.85. The van der Waals surface area contributed by atoms with Crippen molar-refractivity contribution < 1.29 is 4.79 Å². The normalized spacial score (nSPS) is 16.6. The van der Waals surface area contributed by atoms with Gasteiger partial charge in [-0.05, 0) is 43.7 Å². The number of aromatic nitrogens is 2. The van der Waals surface area contributed by atoms with E-state index < -0.39 is 0 Å². The molecule has 30 heavy (non-hydrogen) atoms. The van der Waals surface area contributed by atoms with Crippen LogP contribution in [0.15, 0.2) is 74.3 Å². The molecule has 2 aromatic heterocycles. The molecule has 1 aromatic carbocycles. The Bertz CT molecular complexity index is 1220. The maximum absolute atomic E-state index is 13.3. The topological polar surface area (TPSA) is 54.7 Å². The molecule has 0 unspecified atom stereocenters. The number of pyridine rings is 1. The van der Waals surface area contributed by atoms with E-state index in [-0.39, 0.29) is 17.5 Å². The first-order valence-corrected chi connectivity index (χ1v) is 11.5. The molecule has 5 nitrogen and oxygen atoms in total. The number of nitrogens with zero attached hydrogens (tertiary/aromatic N) is 3. The van der Waals surface area contributed by atoms with Gasteiger partial charge >= 0.3 is 0 Å². The van der Waals surface area contributed by atoms with Gasteiger partial charge in [-0.25, -0.2) is 4.98 Å². The quantitative estimate of drug-likeness (QED) is 0.313. The fourth-order valence-corrected chi connectivity index (χ4v) is 5.41. The number of hydrogen-bond donors (Lipinski definition) is 0. The highest BCUT2D eigenvalue weighted by Gasteiger charge is 2.35. The van der Waals surface area contributed by atoms with Gasteiger partial charge in [0.2, 0.25) is 0 Å². The lowest BCUT2D eigenvalue weighted by Crippen LogP contribution is -2.36. The van der Waals surface area contributed by atoms with Crippen LogP contribution in [0.3, 0.4) is 0 Å². The van der Waals surface area contributed by atoms with E-state index in [1.165, 1.54) is 27.9 Å². The third-order valence-corrected chi connectivity index (χ3v) is 7.17. The number of rotatable bonds is 5. The summed E-state index contributed by atoms with van der Waals surface area (Å²) in [4.78, 5) is 34.0. The molecule has 4 rings (SSSR count). The van der Waals surface area contributed by atoms with Gasteiger partial charge in [0.15, 0.2) is 0 Å². The first-order valence-electron chi connectivity index (χ1n) is 9.51. The molecule has 1 amide bonds. The molecule has 0 N–H and O–H groups in total. The first kappa shape index (κ1) is 20.8. The van der Waals surface area contributed by atoms with Crippen LogP contribution in [0.5, 0.6) is 0 Å². The molecule has 0 spiro atoms. The van der Waals surface area contributed by atoms with Gasteiger partial charge in [-0.15, -0.1) is 0 Å². The lowest BCUT2D eigenvalue weighted by molar-refractivity contribution is -0.123. The monoisotopic (exact) mass is 453 g/mol. The zero-order valence-electron chi connectivity index (χ0n) is 16.4. The van der Waals surface area contributed by atoms with E-state index in [1.807, 2.05) is 50.2 Å². The van der Waals surface area contributed by atoms with Gasteiger partial charge in [0.1, 0.15) is 15.0 Å². The van der Waals surface area contributed by atoms with E-state index in [4.69, 9.17) is 17.2 Å². The van der Waals surface area contributed by atoms with E-state index in [2.05, 4.69) is 0 Å². The van der Waals surface area contributed by atoms with E-state index in [0.29, 0.717) is 25.5 Å². The fourth-order valence-electron chi connectivity index (χ4n) is 3.06. The Labute approximate surface area is 188 Å². The summed E-state index contributed by atoms with van der Waals surface area (Å²) in [5.74, 6) is -0.160. The highest BCUT2D eigenvalue weighted by molar-refractivity contribution is 8.26. The minimum atomic E-state index is -0.215. The molecule has 152 valence electrons. The second-order valence-electron chi connectivity index (χ2n) is 6.79. The van der Waals surface area contributed by atoms with Gasteiger partial charge < -0.3 is 0 Å². The first-order chi connectivity index (χ1) is 14.5. The van der Waals surface area contributed by atoms with Crippen molar-refractivity contribution in [1.29, 1.82) is 0 Å². The van der Waals surface area contributed by atoms with Crippen molar-refractivity contribution in [2.45, 2.75) is 36.2 Å². The summed E-state index contributed by atoms with van der Waals surface area (Å²) >= 11 is 8.06. The predicted molar refractivity (Wildman–Crippen MR) is 127 cm³/mol. The average Bonchev–Trinajstić information content (AvgIpc) is 3.04. The smallest absolute Gasteiger partial charge is 0.266 e. The zero-order chi connectivity index (χ0) is 21.3. The molecule has 1 atom stereocenters. The van der Waals surface area contributed by atoms with Crippen molar-refractivity contribution in [2.75, 3.05) is 0 Å². The highest BCUT2D eigenvalue weighted by Crippen LogP contribution is 2.36. The maximum atomic E-state index is 13.3. The number of amides is 1. The molecule has 0 bridgehead atoms. The van der Waals surface area contributed by atoms with Gasteiger partial charge in [-0.2, -0.15) is 0 Å². The van der Waals surface area contributed by atoms with Crippen LogP contribution in [0, 0.1) is 0 Å². The van der Waals surface area contributed by atoms with E-state index >= 15 is 0 Å². The number of thioether (sulfide) groups is 1. The van der Waals surface area contributed by atoms with Gasteiger partial charge in [0, 0.05) is 17.1 Å². The van der Waals surface area contributed by atoms with Crippen molar-refractivity contribution >= 4 is 57.7 Å². The maximum Gasteiger partial charge on any atom is 0.266 e. The summed E-state index contributed by atoms with van der Waals surface area (Å²) in [5.41, 5.74) is 0.732. The summed E-state index contributed by atoms with van der Waals surface area (Å²) in [5, 5.41) is 0.561. The molecule has 0 aliphatic carbocycles. The zero-order valence-corrected chi connectivity index (χ0v) is 18.9. The third-order valence-electron chi connectivity index (χ3n) is 4.82. The minimum absolute atomic E-state index is 0.0115. The third kappa shape index (κ3) is 3.95. The number of fused-ring (bicyclic) bond motifs is 1. The van der Waals surface area contributed by atoms with Crippen LogP contribution in [-0.2, 0) is 4.79 Å². The van der Waals surface area contributed by atoms with Gasteiger partial charge in [-0.3, -0.25) is 18.9 Å². The van der Waals surface area contributed by atoms with Crippen molar-refractivity contribution in [2.24, 2.45) is 0 Å². The second kappa shape index (κ2) is 8.75. The summed E-state index contributed by atoms with van der Waals surface area (Å²) in [7, 11) is 0. The molecule has 1 fully saturated rings. The summed E-state index contributed by atoms with van der Waals surface area (Å²) in [6.45, 7) is 3.98. The number of hydrogen-bond acceptors (Lipinski definition) is 6. The summed E-state index contributed by atoms with van der Waals surface area (Å²) in [6, 6.07) is 15.2. The molecule has 3 aromatic rings. The molecule has 0 radical (unpaired) electrons. The molecule has 3 heterocycles. The van der Waals surface area contributed by atoms with Crippen LogP contribution in [0.2, 0.25) is 0 Å². The Kier molecular flexibility index (Phi) is 6.08. The second-order valence-corrected chi connectivity index (χ2v) is 9.53. The van der Waals surface area contributed by atoms with Gasteiger partial charge in [0.25, 0.3) is 11.5 Å². The van der Waals surface area contributed by atoms with E-state index in [1.54, 1.807) is 29.3 Å².